The van der Waals surface area contributed by atoms with Crippen LogP contribution in [0.15, 0.2) is 42.5 Å². The van der Waals surface area contributed by atoms with E-state index >= 15 is 0 Å². The van der Waals surface area contributed by atoms with Crippen LogP contribution in [0.1, 0.15) is 46.0 Å². The minimum atomic E-state index is -0.523. The molecule has 4 heteroatoms. The molecule has 0 aliphatic heterocycles. The van der Waals surface area contributed by atoms with E-state index in [0.29, 0.717) is 17.9 Å². The van der Waals surface area contributed by atoms with E-state index in [-0.39, 0.29) is 0 Å². The van der Waals surface area contributed by atoms with Gasteiger partial charge in [-0.25, -0.2) is 4.79 Å². The Morgan fingerprint density at radius 2 is 2.00 bits per heavy atom. The Hall–Kier alpha value is -2.33. The first-order chi connectivity index (χ1) is 11.2. The molecule has 1 unspecified atom stereocenters. The van der Waals surface area contributed by atoms with E-state index in [0.717, 1.165) is 36.0 Å². The second-order valence-electron chi connectivity index (χ2n) is 5.68. The SMILES string of the molecule is COC(=O)c1c(OCc2ccccc2)ccc2c1CCCC2O. The molecule has 3 rings (SSSR count). The van der Waals surface area contributed by atoms with Crippen molar-refractivity contribution >= 4 is 5.97 Å². The number of carbonyl (C=O) groups excluding carboxylic acids is 1. The zero-order chi connectivity index (χ0) is 16.2. The minimum Gasteiger partial charge on any atom is -0.488 e. The Morgan fingerprint density at radius 3 is 2.74 bits per heavy atom. The number of esters is 1. The van der Waals surface area contributed by atoms with Crippen molar-refractivity contribution < 1.29 is 19.4 Å². The van der Waals surface area contributed by atoms with Gasteiger partial charge in [0.2, 0.25) is 0 Å². The number of fused-ring (bicyclic) bond motifs is 1. The summed E-state index contributed by atoms with van der Waals surface area (Å²) in [6.07, 6.45) is 1.79. The highest BCUT2D eigenvalue weighted by atomic mass is 16.5. The molecule has 0 bridgehead atoms. The Balaban J connectivity index is 1.94. The molecule has 2 aromatic carbocycles. The number of aliphatic hydroxyl groups is 1. The monoisotopic (exact) mass is 312 g/mol. The fraction of sp³-hybridized carbons (Fsp3) is 0.316. The highest BCUT2D eigenvalue weighted by Gasteiger charge is 2.27. The second-order valence-corrected chi connectivity index (χ2v) is 5.68. The van der Waals surface area contributed by atoms with Gasteiger partial charge in [-0.3, -0.25) is 0 Å². The molecule has 4 nitrogen and oxygen atoms in total. The number of carbonyl (C=O) groups is 1. The summed E-state index contributed by atoms with van der Waals surface area (Å²) in [5, 5.41) is 10.1. The van der Waals surface area contributed by atoms with Crippen LogP contribution in [0, 0.1) is 0 Å². The van der Waals surface area contributed by atoms with Gasteiger partial charge in [0.05, 0.1) is 13.2 Å². The van der Waals surface area contributed by atoms with Crippen LogP contribution in [0.2, 0.25) is 0 Å². The standard InChI is InChI=1S/C19H20O4/c1-22-19(21)18-15-8-5-9-16(20)14(15)10-11-17(18)23-12-13-6-3-2-4-7-13/h2-4,6-7,10-11,16,20H,5,8-9,12H2,1H3. The van der Waals surface area contributed by atoms with Crippen LogP contribution in [0.4, 0.5) is 0 Å². The second kappa shape index (κ2) is 6.84. The molecule has 1 aliphatic rings. The number of hydrogen-bond donors (Lipinski definition) is 1. The zero-order valence-corrected chi connectivity index (χ0v) is 13.1. The number of aliphatic hydroxyl groups excluding tert-OH is 1. The van der Waals surface area contributed by atoms with Crippen molar-refractivity contribution in [3.63, 3.8) is 0 Å². The first-order valence-electron chi connectivity index (χ1n) is 7.79. The highest BCUT2D eigenvalue weighted by Crippen LogP contribution is 2.36. The van der Waals surface area contributed by atoms with Gasteiger partial charge in [0, 0.05) is 0 Å². The lowest BCUT2D eigenvalue weighted by molar-refractivity contribution is 0.0592. The molecule has 0 aromatic heterocycles. The van der Waals surface area contributed by atoms with Crippen molar-refractivity contribution in [1.82, 2.24) is 0 Å². The summed E-state index contributed by atoms with van der Waals surface area (Å²) in [5.74, 6) is 0.0903. The normalized spacial score (nSPS) is 16.5. The predicted molar refractivity (Wildman–Crippen MR) is 86.5 cm³/mol. The van der Waals surface area contributed by atoms with E-state index in [2.05, 4.69) is 0 Å². The first kappa shape index (κ1) is 15.6. The first-order valence-corrected chi connectivity index (χ1v) is 7.79. The lowest BCUT2D eigenvalue weighted by Gasteiger charge is -2.24. The minimum absolute atomic E-state index is 0.381. The summed E-state index contributed by atoms with van der Waals surface area (Å²) >= 11 is 0. The average Bonchev–Trinajstić information content (AvgIpc) is 2.60. The lowest BCUT2D eigenvalue weighted by Crippen LogP contribution is -2.16. The molecule has 120 valence electrons. The molecule has 0 spiro atoms. The molecule has 1 aliphatic carbocycles. The van der Waals surface area contributed by atoms with E-state index in [9.17, 15) is 9.90 Å². The molecular weight excluding hydrogens is 292 g/mol. The maximum absolute atomic E-state index is 12.2. The number of rotatable bonds is 4. The summed E-state index contributed by atoms with van der Waals surface area (Å²) in [5.41, 5.74) is 3.13. The van der Waals surface area contributed by atoms with Gasteiger partial charge in [-0.2, -0.15) is 0 Å². The largest absolute Gasteiger partial charge is 0.488 e. The summed E-state index contributed by atoms with van der Waals surface area (Å²) < 4.78 is 10.8. The molecular formula is C19H20O4. The van der Waals surface area contributed by atoms with Gasteiger partial charge in [-0.1, -0.05) is 36.4 Å². The van der Waals surface area contributed by atoms with E-state index in [4.69, 9.17) is 9.47 Å². The third-order valence-electron chi connectivity index (χ3n) is 4.20. The van der Waals surface area contributed by atoms with Gasteiger partial charge >= 0.3 is 5.97 Å². The molecule has 0 amide bonds. The van der Waals surface area contributed by atoms with E-state index in [1.165, 1.54) is 7.11 Å². The van der Waals surface area contributed by atoms with E-state index in [1.54, 1.807) is 6.07 Å². The van der Waals surface area contributed by atoms with Crippen LogP contribution in [-0.2, 0) is 17.8 Å². The summed E-state index contributed by atoms with van der Waals surface area (Å²) in [6, 6.07) is 13.4. The maximum Gasteiger partial charge on any atom is 0.341 e. The van der Waals surface area contributed by atoms with Crippen LogP contribution in [0.3, 0.4) is 0 Å². The van der Waals surface area contributed by atoms with Crippen molar-refractivity contribution in [2.45, 2.75) is 32.0 Å². The number of methoxy groups -OCH3 is 1. The van der Waals surface area contributed by atoms with Gasteiger partial charge in [-0.15, -0.1) is 0 Å². The van der Waals surface area contributed by atoms with Crippen molar-refractivity contribution in [3.8, 4) is 5.75 Å². The highest BCUT2D eigenvalue weighted by molar-refractivity contribution is 5.94. The molecule has 2 aromatic rings. The van der Waals surface area contributed by atoms with Crippen molar-refractivity contribution in [2.24, 2.45) is 0 Å². The van der Waals surface area contributed by atoms with Gasteiger partial charge < -0.3 is 14.6 Å². The van der Waals surface area contributed by atoms with Crippen molar-refractivity contribution in [2.75, 3.05) is 7.11 Å². The molecule has 0 fully saturated rings. The number of benzene rings is 2. The van der Waals surface area contributed by atoms with Crippen LogP contribution < -0.4 is 4.74 Å². The zero-order valence-electron chi connectivity index (χ0n) is 13.1. The Bertz CT molecular complexity index is 694. The Labute approximate surface area is 135 Å². The molecule has 0 saturated carbocycles. The molecule has 0 heterocycles. The lowest BCUT2D eigenvalue weighted by atomic mass is 9.86. The van der Waals surface area contributed by atoms with Crippen LogP contribution >= 0.6 is 0 Å². The quantitative estimate of drug-likeness (QED) is 0.879. The number of hydrogen-bond acceptors (Lipinski definition) is 4. The fourth-order valence-corrected chi connectivity index (χ4v) is 3.03. The summed E-state index contributed by atoms with van der Waals surface area (Å²) in [7, 11) is 1.36. The van der Waals surface area contributed by atoms with E-state index in [1.807, 2.05) is 36.4 Å². The Kier molecular flexibility index (Phi) is 4.63. The van der Waals surface area contributed by atoms with Crippen LogP contribution in [-0.4, -0.2) is 18.2 Å². The maximum atomic E-state index is 12.2. The van der Waals surface area contributed by atoms with Gasteiger partial charge in [0.25, 0.3) is 0 Å². The summed E-state index contributed by atoms with van der Waals surface area (Å²) in [4.78, 5) is 12.2. The van der Waals surface area contributed by atoms with Gasteiger partial charge in [0.1, 0.15) is 17.9 Å². The fourth-order valence-electron chi connectivity index (χ4n) is 3.03. The molecule has 0 radical (unpaired) electrons. The van der Waals surface area contributed by atoms with Crippen molar-refractivity contribution in [1.29, 1.82) is 0 Å². The average molecular weight is 312 g/mol. The third kappa shape index (κ3) is 3.22. The smallest absolute Gasteiger partial charge is 0.341 e. The topological polar surface area (TPSA) is 55.8 Å². The summed E-state index contributed by atoms with van der Waals surface area (Å²) in [6.45, 7) is 0.381. The van der Waals surface area contributed by atoms with Crippen LogP contribution in [0.25, 0.3) is 0 Å². The third-order valence-corrected chi connectivity index (χ3v) is 4.20. The van der Waals surface area contributed by atoms with Gasteiger partial charge in [-0.05, 0) is 42.0 Å². The molecule has 1 atom stereocenters. The Morgan fingerprint density at radius 1 is 1.22 bits per heavy atom. The molecule has 1 N–H and O–H groups in total. The van der Waals surface area contributed by atoms with E-state index < -0.39 is 12.1 Å². The molecule has 23 heavy (non-hydrogen) atoms. The van der Waals surface area contributed by atoms with Crippen molar-refractivity contribution in [3.05, 3.63) is 64.7 Å². The van der Waals surface area contributed by atoms with Gasteiger partial charge in [0.15, 0.2) is 0 Å². The van der Waals surface area contributed by atoms with Crippen LogP contribution in [0.5, 0.6) is 5.75 Å². The predicted octanol–water partition coefficient (Wildman–Crippen LogP) is 3.42. The molecule has 0 saturated heterocycles. The number of ether oxygens (including phenoxy) is 2.